The molecular weight excluding hydrogens is 330 g/mol. The van der Waals surface area contributed by atoms with E-state index in [0.29, 0.717) is 6.04 Å². The molecule has 5 nitrogen and oxygen atoms in total. The quantitative estimate of drug-likeness (QED) is 0.841. The van der Waals surface area contributed by atoms with Gasteiger partial charge in [0.05, 0.1) is 12.2 Å². The molecule has 0 atom stereocenters. The maximum Gasteiger partial charge on any atom is 0.132 e. The van der Waals surface area contributed by atoms with Crippen LogP contribution in [-0.4, -0.2) is 46.0 Å². The first-order valence-electron chi connectivity index (χ1n) is 9.40. The van der Waals surface area contributed by atoms with Crippen molar-refractivity contribution >= 4 is 17.2 Å². The molecule has 0 N–H and O–H groups in total. The third-order valence-corrected chi connectivity index (χ3v) is 6.65. The number of hydrogen-bond donors (Lipinski definition) is 0. The summed E-state index contributed by atoms with van der Waals surface area (Å²) in [6.07, 6.45) is 9.14. The molecule has 0 saturated carbocycles. The largest absolute Gasteiger partial charge is 0.356 e. The van der Waals surface area contributed by atoms with Crippen LogP contribution in [-0.2, 0) is 19.4 Å². The van der Waals surface area contributed by atoms with Crippen LogP contribution in [0.4, 0.5) is 5.82 Å². The normalized spacial score (nSPS) is 19.0. The molecule has 0 unspecified atom stereocenters. The fraction of sp³-hybridized carbons (Fsp3) is 0.632. The van der Waals surface area contributed by atoms with E-state index in [4.69, 9.17) is 4.98 Å². The molecule has 1 aliphatic carbocycles. The van der Waals surface area contributed by atoms with Gasteiger partial charge in [-0.2, -0.15) is 0 Å². The fourth-order valence-electron chi connectivity index (χ4n) is 3.95. The Kier molecular flexibility index (Phi) is 4.99. The highest BCUT2D eigenvalue weighted by atomic mass is 32.1. The van der Waals surface area contributed by atoms with E-state index in [1.807, 2.05) is 18.3 Å². The van der Waals surface area contributed by atoms with Crippen LogP contribution in [0.25, 0.3) is 0 Å². The summed E-state index contributed by atoms with van der Waals surface area (Å²) in [5, 5.41) is 1.32. The number of fused-ring (bicyclic) bond motifs is 1. The minimum absolute atomic E-state index is 0.565. The number of anilines is 1. The lowest BCUT2D eigenvalue weighted by Crippen LogP contribution is -2.43. The molecule has 2 aromatic heterocycles. The average molecular weight is 358 g/mol. The Morgan fingerprint density at radius 2 is 2.00 bits per heavy atom. The monoisotopic (exact) mass is 357 g/mol. The van der Waals surface area contributed by atoms with Gasteiger partial charge in [-0.3, -0.25) is 4.90 Å². The number of rotatable bonds is 4. The van der Waals surface area contributed by atoms with E-state index in [9.17, 15) is 0 Å². The van der Waals surface area contributed by atoms with Gasteiger partial charge in [0.15, 0.2) is 0 Å². The molecule has 4 rings (SSSR count). The minimum Gasteiger partial charge on any atom is -0.356 e. The van der Waals surface area contributed by atoms with Gasteiger partial charge < -0.3 is 4.90 Å². The number of likely N-dealkylation sites (tertiary alicyclic amines) is 1. The molecule has 2 aromatic rings. The minimum atomic E-state index is 0.565. The molecule has 3 heterocycles. The first-order valence-corrected chi connectivity index (χ1v) is 10.2. The first kappa shape index (κ1) is 16.9. The number of thiazole rings is 1. The zero-order chi connectivity index (χ0) is 17.2. The SMILES string of the molecule is Cc1cc(N(C)C2CCN(Cc3nc4c(s3)CCCC4)CC2)ncn1. The van der Waals surface area contributed by atoms with Crippen LogP contribution in [0, 0.1) is 6.92 Å². The van der Waals surface area contributed by atoms with Crippen LogP contribution in [0.3, 0.4) is 0 Å². The lowest BCUT2D eigenvalue weighted by Gasteiger charge is -2.37. The summed E-state index contributed by atoms with van der Waals surface area (Å²) in [4.78, 5) is 20.0. The molecule has 0 aromatic carbocycles. The summed E-state index contributed by atoms with van der Waals surface area (Å²) >= 11 is 1.95. The highest BCUT2D eigenvalue weighted by Crippen LogP contribution is 2.28. The molecule has 134 valence electrons. The van der Waals surface area contributed by atoms with Crippen LogP contribution in [0.5, 0.6) is 0 Å². The Labute approximate surface area is 154 Å². The number of piperidine rings is 1. The number of aryl methyl sites for hydroxylation is 3. The van der Waals surface area contributed by atoms with E-state index in [-0.39, 0.29) is 0 Å². The van der Waals surface area contributed by atoms with Gasteiger partial charge in [-0.1, -0.05) is 0 Å². The molecular formula is C19H27N5S. The topological polar surface area (TPSA) is 45.2 Å². The van der Waals surface area contributed by atoms with Crippen molar-refractivity contribution in [2.75, 3.05) is 25.0 Å². The average Bonchev–Trinajstić information content (AvgIpc) is 3.04. The highest BCUT2D eigenvalue weighted by Gasteiger charge is 2.24. The van der Waals surface area contributed by atoms with Gasteiger partial charge >= 0.3 is 0 Å². The predicted octanol–water partition coefficient (Wildman–Crippen LogP) is 3.22. The van der Waals surface area contributed by atoms with Crippen molar-refractivity contribution in [3.8, 4) is 0 Å². The summed E-state index contributed by atoms with van der Waals surface area (Å²) in [5.74, 6) is 1.04. The Hall–Kier alpha value is -1.53. The Balaban J connectivity index is 1.33. The zero-order valence-electron chi connectivity index (χ0n) is 15.2. The van der Waals surface area contributed by atoms with Crippen LogP contribution >= 0.6 is 11.3 Å². The maximum atomic E-state index is 4.91. The first-order chi connectivity index (χ1) is 12.2. The van der Waals surface area contributed by atoms with Crippen LogP contribution in [0.15, 0.2) is 12.4 Å². The predicted molar refractivity (Wildman–Crippen MR) is 102 cm³/mol. The van der Waals surface area contributed by atoms with Crippen molar-refractivity contribution < 1.29 is 0 Å². The van der Waals surface area contributed by atoms with E-state index < -0.39 is 0 Å². The van der Waals surface area contributed by atoms with Gasteiger partial charge in [-0.05, 0) is 45.4 Å². The molecule has 2 aliphatic rings. The fourth-order valence-corrected chi connectivity index (χ4v) is 5.15. The molecule has 0 spiro atoms. The molecule has 1 saturated heterocycles. The Morgan fingerprint density at radius 1 is 1.20 bits per heavy atom. The summed E-state index contributed by atoms with van der Waals surface area (Å²) in [7, 11) is 2.16. The summed E-state index contributed by atoms with van der Waals surface area (Å²) in [6, 6.07) is 2.64. The smallest absolute Gasteiger partial charge is 0.132 e. The molecule has 6 heteroatoms. The van der Waals surface area contributed by atoms with E-state index in [0.717, 1.165) is 31.1 Å². The van der Waals surface area contributed by atoms with Gasteiger partial charge in [0.1, 0.15) is 17.2 Å². The van der Waals surface area contributed by atoms with Gasteiger partial charge in [0, 0.05) is 42.8 Å². The van der Waals surface area contributed by atoms with Gasteiger partial charge in [0.25, 0.3) is 0 Å². The Bertz CT molecular complexity index is 697. The van der Waals surface area contributed by atoms with E-state index >= 15 is 0 Å². The number of nitrogens with zero attached hydrogens (tertiary/aromatic N) is 5. The second-order valence-electron chi connectivity index (χ2n) is 7.32. The maximum absolute atomic E-state index is 4.91. The zero-order valence-corrected chi connectivity index (χ0v) is 16.1. The summed E-state index contributed by atoms with van der Waals surface area (Å²) < 4.78 is 0. The van der Waals surface area contributed by atoms with Crippen molar-refractivity contribution in [3.05, 3.63) is 33.7 Å². The van der Waals surface area contributed by atoms with E-state index in [1.165, 1.54) is 49.2 Å². The van der Waals surface area contributed by atoms with Crippen molar-refractivity contribution in [2.45, 2.75) is 58.0 Å². The van der Waals surface area contributed by atoms with Crippen molar-refractivity contribution in [2.24, 2.45) is 0 Å². The lowest BCUT2D eigenvalue weighted by molar-refractivity contribution is 0.203. The molecule has 1 aliphatic heterocycles. The van der Waals surface area contributed by atoms with E-state index in [2.05, 4.69) is 32.9 Å². The van der Waals surface area contributed by atoms with Crippen molar-refractivity contribution in [1.82, 2.24) is 19.9 Å². The molecule has 0 radical (unpaired) electrons. The third kappa shape index (κ3) is 3.85. The number of hydrogen-bond acceptors (Lipinski definition) is 6. The number of aromatic nitrogens is 3. The third-order valence-electron chi connectivity index (χ3n) is 5.50. The molecule has 1 fully saturated rings. The van der Waals surface area contributed by atoms with E-state index in [1.54, 1.807) is 11.2 Å². The van der Waals surface area contributed by atoms with Gasteiger partial charge in [-0.25, -0.2) is 15.0 Å². The van der Waals surface area contributed by atoms with Crippen molar-refractivity contribution in [3.63, 3.8) is 0 Å². The lowest BCUT2D eigenvalue weighted by atomic mass is 10.0. The van der Waals surface area contributed by atoms with Crippen LogP contribution < -0.4 is 4.90 Å². The van der Waals surface area contributed by atoms with Crippen LogP contribution in [0.1, 0.15) is 47.0 Å². The van der Waals surface area contributed by atoms with Crippen LogP contribution in [0.2, 0.25) is 0 Å². The summed E-state index contributed by atoms with van der Waals surface area (Å²) in [5.41, 5.74) is 2.42. The second kappa shape index (κ2) is 7.38. The summed E-state index contributed by atoms with van der Waals surface area (Å²) in [6.45, 7) is 5.34. The van der Waals surface area contributed by atoms with Gasteiger partial charge in [-0.15, -0.1) is 11.3 Å². The molecule has 0 amide bonds. The molecule has 25 heavy (non-hydrogen) atoms. The second-order valence-corrected chi connectivity index (χ2v) is 8.49. The highest BCUT2D eigenvalue weighted by molar-refractivity contribution is 7.11. The molecule has 0 bridgehead atoms. The standard InChI is InChI=1S/C19H27N5S/c1-14-11-18(21-13-20-14)23(2)15-7-9-24(10-8-15)12-19-22-16-5-3-4-6-17(16)25-19/h11,13,15H,3-10,12H2,1-2H3. The van der Waals surface area contributed by atoms with Crippen molar-refractivity contribution in [1.29, 1.82) is 0 Å². The Morgan fingerprint density at radius 3 is 2.76 bits per heavy atom. The van der Waals surface area contributed by atoms with Gasteiger partial charge in [0.2, 0.25) is 0 Å².